The molecule has 0 spiro atoms. The van der Waals surface area contributed by atoms with Gasteiger partial charge in [0.2, 0.25) is 0 Å². The lowest BCUT2D eigenvalue weighted by atomic mass is 10.1. The average Bonchev–Trinajstić information content (AvgIpc) is 2.14. The Morgan fingerprint density at radius 1 is 1.29 bits per heavy atom. The Kier molecular flexibility index (Phi) is 2.50. The van der Waals surface area contributed by atoms with Crippen molar-refractivity contribution in [1.82, 2.24) is 4.98 Å². The molecule has 1 heterocycles. The van der Waals surface area contributed by atoms with E-state index in [-0.39, 0.29) is 0 Å². The normalized spacial score (nSPS) is 10.9. The molecule has 0 bridgehead atoms. The van der Waals surface area contributed by atoms with E-state index in [1.54, 1.807) is 0 Å². The molecule has 1 nitrogen and oxygen atoms in total. The van der Waals surface area contributed by atoms with Crippen LogP contribution in [0.1, 0.15) is 11.3 Å². The van der Waals surface area contributed by atoms with Gasteiger partial charge in [-0.2, -0.15) is 0 Å². The molecule has 0 fully saturated rings. The maximum atomic E-state index is 6.11. The van der Waals surface area contributed by atoms with Crippen molar-refractivity contribution >= 4 is 38.3 Å². The van der Waals surface area contributed by atoms with Crippen molar-refractivity contribution in [2.75, 3.05) is 0 Å². The van der Waals surface area contributed by atoms with Crippen LogP contribution in [0.3, 0.4) is 0 Å². The van der Waals surface area contributed by atoms with Gasteiger partial charge in [0, 0.05) is 15.2 Å². The Balaban J connectivity index is 3.02. The van der Waals surface area contributed by atoms with Gasteiger partial charge in [-0.3, -0.25) is 0 Å². The highest BCUT2D eigenvalue weighted by Crippen LogP contribution is 2.32. The van der Waals surface area contributed by atoms with Crippen LogP contribution in [0.4, 0.5) is 0 Å². The summed E-state index contributed by atoms with van der Waals surface area (Å²) in [5.41, 5.74) is 2.08. The minimum absolute atomic E-state index is 0.582. The van der Waals surface area contributed by atoms with Crippen LogP contribution in [0.25, 0.3) is 10.8 Å². The zero-order valence-electron chi connectivity index (χ0n) is 7.94. The van der Waals surface area contributed by atoms with Crippen molar-refractivity contribution in [3.8, 4) is 0 Å². The minimum Gasteiger partial charge on any atom is -0.240 e. The van der Waals surface area contributed by atoms with E-state index in [4.69, 9.17) is 11.6 Å². The van der Waals surface area contributed by atoms with Crippen LogP contribution in [-0.4, -0.2) is 4.98 Å². The largest absolute Gasteiger partial charge is 0.240 e. The molecule has 0 saturated carbocycles. The van der Waals surface area contributed by atoms with Crippen molar-refractivity contribution in [3.05, 3.63) is 39.1 Å². The number of rotatable bonds is 0. The number of halogens is 2. The van der Waals surface area contributed by atoms with Gasteiger partial charge >= 0.3 is 0 Å². The van der Waals surface area contributed by atoms with E-state index >= 15 is 0 Å². The molecule has 0 saturated heterocycles. The second kappa shape index (κ2) is 3.52. The third kappa shape index (κ3) is 1.43. The summed E-state index contributed by atoms with van der Waals surface area (Å²) in [6.07, 6.45) is 0. The molecule has 1 aromatic heterocycles. The van der Waals surface area contributed by atoms with Crippen LogP contribution in [0.5, 0.6) is 0 Å². The summed E-state index contributed by atoms with van der Waals surface area (Å²) in [6.45, 7) is 3.98. The molecule has 1 aromatic carbocycles. The number of hydrogen-bond acceptors (Lipinski definition) is 1. The lowest BCUT2D eigenvalue weighted by Gasteiger charge is -2.07. The second-order valence-electron chi connectivity index (χ2n) is 3.30. The molecule has 0 aliphatic heterocycles. The van der Waals surface area contributed by atoms with Gasteiger partial charge in [0.25, 0.3) is 0 Å². The Bertz CT molecular complexity index is 508. The first kappa shape index (κ1) is 9.94. The second-order valence-corrected chi connectivity index (χ2v) is 4.45. The van der Waals surface area contributed by atoms with Crippen molar-refractivity contribution < 1.29 is 0 Å². The number of benzene rings is 1. The molecule has 0 aliphatic carbocycles. The fourth-order valence-electron chi connectivity index (χ4n) is 1.57. The summed E-state index contributed by atoms with van der Waals surface area (Å²) >= 11 is 9.64. The van der Waals surface area contributed by atoms with Gasteiger partial charge in [0.15, 0.2) is 0 Å². The number of aryl methyl sites for hydroxylation is 2. The van der Waals surface area contributed by atoms with Gasteiger partial charge in [-0.15, -0.1) is 0 Å². The number of nitrogens with zero attached hydrogens (tertiary/aromatic N) is 1. The zero-order chi connectivity index (χ0) is 10.3. The van der Waals surface area contributed by atoms with Gasteiger partial charge in [-0.05, 0) is 35.3 Å². The van der Waals surface area contributed by atoms with E-state index in [0.29, 0.717) is 5.15 Å². The molecule has 0 aliphatic rings. The van der Waals surface area contributed by atoms with E-state index in [0.717, 1.165) is 26.5 Å². The summed E-state index contributed by atoms with van der Waals surface area (Å²) in [6, 6.07) is 6.11. The molecule has 0 unspecified atom stereocenters. The molecule has 0 N–H and O–H groups in total. The SMILES string of the molecule is Cc1nc(Cl)c2c(C)cccc2c1Br. The fraction of sp³-hybridized carbons (Fsp3) is 0.182. The fourth-order valence-corrected chi connectivity index (χ4v) is 2.37. The van der Waals surface area contributed by atoms with Gasteiger partial charge < -0.3 is 0 Å². The van der Waals surface area contributed by atoms with Gasteiger partial charge in [0.1, 0.15) is 5.15 Å². The monoisotopic (exact) mass is 269 g/mol. The highest BCUT2D eigenvalue weighted by Gasteiger charge is 2.09. The Hall–Kier alpha value is -0.600. The minimum atomic E-state index is 0.582. The molecule has 72 valence electrons. The Morgan fingerprint density at radius 3 is 2.71 bits per heavy atom. The zero-order valence-corrected chi connectivity index (χ0v) is 10.3. The number of hydrogen-bond donors (Lipinski definition) is 0. The lowest BCUT2D eigenvalue weighted by molar-refractivity contribution is 1.20. The van der Waals surface area contributed by atoms with Crippen molar-refractivity contribution in [2.24, 2.45) is 0 Å². The molecular weight excluding hydrogens is 261 g/mol. The lowest BCUT2D eigenvalue weighted by Crippen LogP contribution is -1.89. The van der Waals surface area contributed by atoms with Gasteiger partial charge in [0.05, 0.1) is 5.69 Å². The highest BCUT2D eigenvalue weighted by atomic mass is 79.9. The predicted molar refractivity (Wildman–Crippen MR) is 63.9 cm³/mol. The molecule has 14 heavy (non-hydrogen) atoms. The van der Waals surface area contributed by atoms with E-state index < -0.39 is 0 Å². The molecule has 3 heteroatoms. The molecular formula is C11H9BrClN. The Labute approximate surface area is 96.2 Å². The van der Waals surface area contributed by atoms with E-state index in [1.165, 1.54) is 0 Å². The van der Waals surface area contributed by atoms with Crippen LogP contribution in [0, 0.1) is 13.8 Å². The summed E-state index contributed by atoms with van der Waals surface area (Å²) in [4.78, 5) is 4.28. The first-order valence-electron chi connectivity index (χ1n) is 4.32. The average molecular weight is 271 g/mol. The molecule has 0 radical (unpaired) electrons. The summed E-state index contributed by atoms with van der Waals surface area (Å²) < 4.78 is 1.03. The quantitative estimate of drug-likeness (QED) is 0.652. The smallest absolute Gasteiger partial charge is 0.137 e. The molecule has 2 aromatic rings. The van der Waals surface area contributed by atoms with E-state index in [1.807, 2.05) is 32.0 Å². The Morgan fingerprint density at radius 2 is 2.00 bits per heavy atom. The van der Waals surface area contributed by atoms with Gasteiger partial charge in [-0.1, -0.05) is 29.8 Å². The molecule has 0 atom stereocenters. The first-order valence-corrected chi connectivity index (χ1v) is 5.49. The van der Waals surface area contributed by atoms with Crippen molar-refractivity contribution in [2.45, 2.75) is 13.8 Å². The summed E-state index contributed by atoms with van der Waals surface area (Å²) in [5.74, 6) is 0. The molecule has 0 amide bonds. The third-order valence-electron chi connectivity index (χ3n) is 2.30. The highest BCUT2D eigenvalue weighted by molar-refractivity contribution is 9.10. The molecule has 2 rings (SSSR count). The van der Waals surface area contributed by atoms with Gasteiger partial charge in [-0.25, -0.2) is 4.98 Å². The first-order chi connectivity index (χ1) is 6.61. The van der Waals surface area contributed by atoms with Crippen LogP contribution < -0.4 is 0 Å². The third-order valence-corrected chi connectivity index (χ3v) is 3.57. The number of aromatic nitrogens is 1. The topological polar surface area (TPSA) is 12.9 Å². The van der Waals surface area contributed by atoms with E-state index in [9.17, 15) is 0 Å². The van der Waals surface area contributed by atoms with Crippen molar-refractivity contribution in [1.29, 1.82) is 0 Å². The number of pyridine rings is 1. The van der Waals surface area contributed by atoms with Crippen LogP contribution >= 0.6 is 27.5 Å². The summed E-state index contributed by atoms with van der Waals surface area (Å²) in [5, 5.41) is 2.74. The van der Waals surface area contributed by atoms with Crippen LogP contribution in [-0.2, 0) is 0 Å². The standard InChI is InChI=1S/C11H9BrClN/c1-6-4-3-5-8-9(6)11(13)14-7(2)10(8)12/h3-5H,1-2H3. The summed E-state index contributed by atoms with van der Waals surface area (Å²) in [7, 11) is 0. The predicted octanol–water partition coefficient (Wildman–Crippen LogP) is 4.27. The van der Waals surface area contributed by atoms with Crippen LogP contribution in [0.2, 0.25) is 5.15 Å². The van der Waals surface area contributed by atoms with E-state index in [2.05, 4.69) is 20.9 Å². The maximum Gasteiger partial charge on any atom is 0.137 e. The number of fused-ring (bicyclic) bond motifs is 1. The maximum absolute atomic E-state index is 6.11. The van der Waals surface area contributed by atoms with Crippen LogP contribution in [0.15, 0.2) is 22.7 Å². The van der Waals surface area contributed by atoms with Crippen molar-refractivity contribution in [3.63, 3.8) is 0 Å².